The number of rotatable bonds is 4. The summed E-state index contributed by atoms with van der Waals surface area (Å²) in [4.78, 5) is 16.6. The number of benzene rings is 1. The summed E-state index contributed by atoms with van der Waals surface area (Å²) in [6, 6.07) is 7.95. The highest BCUT2D eigenvalue weighted by atomic mass is 79.9. The Kier molecular flexibility index (Phi) is 4.24. The van der Waals surface area contributed by atoms with Gasteiger partial charge in [0, 0.05) is 31.3 Å². The Labute approximate surface area is 135 Å². The van der Waals surface area contributed by atoms with Gasteiger partial charge in [-0.1, -0.05) is 0 Å². The SMILES string of the molecule is O=[N+]([O-])c1ccc(N=Cc2cc(Br)c(N3CCCC3)o2)cc1. The van der Waals surface area contributed by atoms with Crippen LogP contribution in [-0.2, 0) is 0 Å². The largest absolute Gasteiger partial charge is 0.438 e. The van der Waals surface area contributed by atoms with Crippen molar-refractivity contribution in [2.45, 2.75) is 12.8 Å². The Morgan fingerprint density at radius 3 is 2.59 bits per heavy atom. The molecule has 6 nitrogen and oxygen atoms in total. The van der Waals surface area contributed by atoms with Crippen molar-refractivity contribution in [1.82, 2.24) is 0 Å². The molecule has 0 radical (unpaired) electrons. The van der Waals surface area contributed by atoms with Crippen LogP contribution in [0.25, 0.3) is 0 Å². The molecule has 2 aromatic rings. The van der Waals surface area contributed by atoms with Crippen molar-refractivity contribution < 1.29 is 9.34 Å². The molecule has 0 unspecified atom stereocenters. The summed E-state index contributed by atoms with van der Waals surface area (Å²) in [5.74, 6) is 1.48. The summed E-state index contributed by atoms with van der Waals surface area (Å²) >= 11 is 3.51. The van der Waals surface area contributed by atoms with Gasteiger partial charge in [0.1, 0.15) is 5.76 Å². The number of non-ortho nitro benzene ring substituents is 1. The van der Waals surface area contributed by atoms with Gasteiger partial charge in [-0.2, -0.15) is 0 Å². The lowest BCUT2D eigenvalue weighted by Crippen LogP contribution is -2.17. The molecule has 1 fully saturated rings. The summed E-state index contributed by atoms with van der Waals surface area (Å²) in [6.45, 7) is 2.01. The Morgan fingerprint density at radius 1 is 1.27 bits per heavy atom. The van der Waals surface area contributed by atoms with E-state index in [9.17, 15) is 10.1 Å². The van der Waals surface area contributed by atoms with Crippen molar-refractivity contribution in [3.05, 3.63) is 50.7 Å². The molecule has 114 valence electrons. The smallest absolute Gasteiger partial charge is 0.269 e. The first kappa shape index (κ1) is 14.8. The van der Waals surface area contributed by atoms with Crippen LogP contribution in [0.4, 0.5) is 17.3 Å². The fourth-order valence-corrected chi connectivity index (χ4v) is 2.93. The first-order chi connectivity index (χ1) is 10.6. The molecular formula is C15H14BrN3O3. The molecule has 22 heavy (non-hydrogen) atoms. The minimum Gasteiger partial charge on any atom is -0.438 e. The number of anilines is 1. The lowest BCUT2D eigenvalue weighted by atomic mass is 10.3. The third-order valence-corrected chi connectivity index (χ3v) is 4.05. The molecule has 0 atom stereocenters. The summed E-state index contributed by atoms with van der Waals surface area (Å²) in [6.07, 6.45) is 3.98. The Balaban J connectivity index is 1.74. The molecule has 1 aromatic carbocycles. The zero-order valence-electron chi connectivity index (χ0n) is 11.7. The monoisotopic (exact) mass is 363 g/mol. The summed E-state index contributed by atoms with van der Waals surface area (Å²) < 4.78 is 6.72. The van der Waals surface area contributed by atoms with E-state index in [4.69, 9.17) is 4.42 Å². The normalized spacial score (nSPS) is 14.9. The van der Waals surface area contributed by atoms with E-state index in [2.05, 4.69) is 25.8 Å². The zero-order valence-corrected chi connectivity index (χ0v) is 13.3. The second-order valence-electron chi connectivity index (χ2n) is 5.03. The van der Waals surface area contributed by atoms with Gasteiger partial charge in [-0.25, -0.2) is 0 Å². The first-order valence-electron chi connectivity index (χ1n) is 6.96. The van der Waals surface area contributed by atoms with Gasteiger partial charge in [-0.3, -0.25) is 15.1 Å². The van der Waals surface area contributed by atoms with Crippen molar-refractivity contribution in [2.75, 3.05) is 18.0 Å². The van der Waals surface area contributed by atoms with Crippen LogP contribution in [0.2, 0.25) is 0 Å². The minimum absolute atomic E-state index is 0.0519. The standard InChI is InChI=1S/C15H14BrN3O3/c16-14-9-13(22-15(14)18-7-1-2-8-18)10-17-11-3-5-12(6-4-11)19(20)21/h3-6,9-10H,1-2,7-8H2. The van der Waals surface area contributed by atoms with Gasteiger partial charge in [0.2, 0.25) is 5.88 Å². The van der Waals surface area contributed by atoms with Crippen LogP contribution in [0.3, 0.4) is 0 Å². The average Bonchev–Trinajstić information content (AvgIpc) is 3.14. The topological polar surface area (TPSA) is 71.9 Å². The lowest BCUT2D eigenvalue weighted by Gasteiger charge is -2.13. The van der Waals surface area contributed by atoms with Crippen LogP contribution in [0.5, 0.6) is 0 Å². The van der Waals surface area contributed by atoms with Gasteiger partial charge < -0.3 is 9.32 Å². The second-order valence-corrected chi connectivity index (χ2v) is 5.88. The molecule has 0 amide bonds. The fourth-order valence-electron chi connectivity index (χ4n) is 2.37. The molecule has 0 saturated carbocycles. The third-order valence-electron chi connectivity index (χ3n) is 3.48. The van der Waals surface area contributed by atoms with E-state index in [-0.39, 0.29) is 5.69 Å². The van der Waals surface area contributed by atoms with E-state index in [1.807, 2.05) is 6.07 Å². The zero-order chi connectivity index (χ0) is 15.5. The Bertz CT molecular complexity index is 703. The maximum atomic E-state index is 10.6. The predicted octanol–water partition coefficient (Wildman–Crippen LogP) is 4.30. The lowest BCUT2D eigenvalue weighted by molar-refractivity contribution is -0.384. The third kappa shape index (κ3) is 3.19. The van der Waals surface area contributed by atoms with E-state index in [0.717, 1.165) is 23.4 Å². The van der Waals surface area contributed by atoms with Gasteiger partial charge in [-0.05, 0) is 40.9 Å². The highest BCUT2D eigenvalue weighted by Crippen LogP contribution is 2.32. The Hall–Kier alpha value is -2.15. The number of aliphatic imine (C=N–C) groups is 1. The average molecular weight is 364 g/mol. The van der Waals surface area contributed by atoms with Crippen LogP contribution < -0.4 is 4.90 Å². The van der Waals surface area contributed by atoms with E-state index >= 15 is 0 Å². The number of furan rings is 1. The molecule has 0 aliphatic carbocycles. The van der Waals surface area contributed by atoms with Crippen molar-refractivity contribution >= 4 is 39.4 Å². The molecule has 2 heterocycles. The number of nitro groups is 1. The molecule has 0 bridgehead atoms. The van der Waals surface area contributed by atoms with Crippen LogP contribution in [0.15, 0.2) is 44.2 Å². The molecule has 1 aliphatic heterocycles. The molecule has 1 saturated heterocycles. The summed E-state index contributed by atoms with van der Waals surface area (Å²) in [5, 5.41) is 10.6. The van der Waals surface area contributed by atoms with Crippen LogP contribution in [-0.4, -0.2) is 24.2 Å². The summed E-state index contributed by atoms with van der Waals surface area (Å²) in [5.41, 5.74) is 0.692. The van der Waals surface area contributed by atoms with Crippen molar-refractivity contribution in [2.24, 2.45) is 4.99 Å². The Morgan fingerprint density at radius 2 is 1.95 bits per heavy atom. The van der Waals surface area contributed by atoms with Gasteiger partial charge in [0.25, 0.3) is 5.69 Å². The van der Waals surface area contributed by atoms with Crippen molar-refractivity contribution in [3.8, 4) is 0 Å². The molecule has 0 spiro atoms. The van der Waals surface area contributed by atoms with E-state index < -0.39 is 4.92 Å². The number of nitro benzene ring substituents is 1. The van der Waals surface area contributed by atoms with E-state index in [0.29, 0.717) is 11.4 Å². The predicted molar refractivity (Wildman–Crippen MR) is 88.2 cm³/mol. The van der Waals surface area contributed by atoms with E-state index in [1.54, 1.807) is 18.3 Å². The molecular weight excluding hydrogens is 350 g/mol. The van der Waals surface area contributed by atoms with Crippen LogP contribution in [0, 0.1) is 10.1 Å². The highest BCUT2D eigenvalue weighted by molar-refractivity contribution is 9.10. The molecule has 0 N–H and O–H groups in total. The number of halogens is 1. The molecule has 1 aromatic heterocycles. The van der Waals surface area contributed by atoms with Crippen molar-refractivity contribution in [1.29, 1.82) is 0 Å². The van der Waals surface area contributed by atoms with Crippen molar-refractivity contribution in [3.63, 3.8) is 0 Å². The first-order valence-corrected chi connectivity index (χ1v) is 7.75. The van der Waals surface area contributed by atoms with Gasteiger partial charge in [-0.15, -0.1) is 0 Å². The molecule has 1 aliphatic rings. The molecule has 7 heteroatoms. The second kappa shape index (κ2) is 6.31. The molecule has 3 rings (SSSR count). The highest BCUT2D eigenvalue weighted by Gasteiger charge is 2.19. The van der Waals surface area contributed by atoms with E-state index in [1.165, 1.54) is 25.0 Å². The quantitative estimate of drug-likeness (QED) is 0.461. The number of hydrogen-bond acceptors (Lipinski definition) is 5. The van der Waals surface area contributed by atoms with Gasteiger partial charge >= 0.3 is 0 Å². The van der Waals surface area contributed by atoms with Crippen LogP contribution in [0.1, 0.15) is 18.6 Å². The number of nitrogens with zero attached hydrogens (tertiary/aromatic N) is 3. The van der Waals surface area contributed by atoms with Gasteiger partial charge in [0.15, 0.2) is 0 Å². The maximum absolute atomic E-state index is 10.6. The maximum Gasteiger partial charge on any atom is 0.269 e. The number of hydrogen-bond donors (Lipinski definition) is 0. The summed E-state index contributed by atoms with van der Waals surface area (Å²) in [7, 11) is 0. The van der Waals surface area contributed by atoms with Gasteiger partial charge in [0.05, 0.1) is 21.3 Å². The minimum atomic E-state index is -0.431. The van der Waals surface area contributed by atoms with Crippen LogP contribution >= 0.6 is 15.9 Å². The fraction of sp³-hybridized carbons (Fsp3) is 0.267.